The minimum absolute atomic E-state index is 0.161. The van der Waals surface area contributed by atoms with E-state index in [-0.39, 0.29) is 17.4 Å². The van der Waals surface area contributed by atoms with Crippen LogP contribution in [0, 0.1) is 16.7 Å². The van der Waals surface area contributed by atoms with Gasteiger partial charge in [-0.05, 0) is 86.1 Å². The van der Waals surface area contributed by atoms with Crippen LogP contribution in [-0.2, 0) is 0 Å². The number of carbonyl (C=O) groups excluding carboxylic acids is 1. The van der Waals surface area contributed by atoms with Crippen molar-refractivity contribution in [1.82, 2.24) is 19.8 Å². The zero-order valence-corrected chi connectivity index (χ0v) is 23.2. The molecule has 2 N–H and O–H groups in total. The lowest BCUT2D eigenvalue weighted by molar-refractivity contribution is 0.0787. The average molecular weight is 515 g/mol. The molecule has 3 aliphatic rings. The Hall–Kier alpha value is -2.95. The van der Waals surface area contributed by atoms with Crippen molar-refractivity contribution >= 4 is 17.2 Å². The van der Waals surface area contributed by atoms with Crippen molar-refractivity contribution in [2.45, 2.75) is 77.7 Å². The van der Waals surface area contributed by atoms with E-state index in [2.05, 4.69) is 70.1 Å². The molecular weight excluding hydrogens is 472 g/mol. The van der Waals surface area contributed by atoms with Gasteiger partial charge in [0.15, 0.2) is 11.5 Å². The SMILES string of the molecule is CCN1CCN(C2CCC(c3ccc(NC(=O)c4nc(C#N)c[nH]4)c(C4=CCC(C)(C)CC4)c3)CC2)CC1. The molecule has 2 fully saturated rings. The molecule has 202 valence electrons. The normalized spacial score (nSPS) is 24.4. The van der Waals surface area contributed by atoms with Crippen LogP contribution >= 0.6 is 0 Å². The van der Waals surface area contributed by atoms with Gasteiger partial charge in [-0.3, -0.25) is 9.69 Å². The Kier molecular flexibility index (Phi) is 8.01. The first kappa shape index (κ1) is 26.6. The van der Waals surface area contributed by atoms with Crippen molar-refractivity contribution in [2.24, 2.45) is 5.41 Å². The van der Waals surface area contributed by atoms with Crippen LogP contribution in [0.3, 0.4) is 0 Å². The highest BCUT2D eigenvalue weighted by atomic mass is 16.2. The molecule has 0 bridgehead atoms. The van der Waals surface area contributed by atoms with E-state index in [0.29, 0.717) is 11.3 Å². The number of anilines is 1. The monoisotopic (exact) mass is 514 g/mol. The molecule has 0 atom stereocenters. The summed E-state index contributed by atoms with van der Waals surface area (Å²) in [5, 5.41) is 12.1. The van der Waals surface area contributed by atoms with E-state index in [9.17, 15) is 4.79 Å². The molecule has 7 heteroatoms. The molecule has 38 heavy (non-hydrogen) atoms. The molecule has 1 saturated carbocycles. The Morgan fingerprint density at radius 3 is 2.58 bits per heavy atom. The van der Waals surface area contributed by atoms with Gasteiger partial charge in [0.05, 0.1) is 0 Å². The minimum Gasteiger partial charge on any atom is -0.339 e. The van der Waals surface area contributed by atoms with Gasteiger partial charge in [-0.15, -0.1) is 0 Å². The number of hydrogen-bond acceptors (Lipinski definition) is 5. The number of carbonyl (C=O) groups is 1. The number of aromatic nitrogens is 2. The topological polar surface area (TPSA) is 88.0 Å². The maximum atomic E-state index is 13.0. The fraction of sp³-hybridized carbons (Fsp3) is 0.581. The fourth-order valence-corrected chi connectivity index (χ4v) is 6.41. The number of nitrogens with zero attached hydrogens (tertiary/aromatic N) is 4. The molecule has 1 saturated heterocycles. The molecule has 1 aromatic carbocycles. The van der Waals surface area contributed by atoms with Crippen molar-refractivity contribution in [1.29, 1.82) is 5.26 Å². The van der Waals surface area contributed by atoms with Crippen LogP contribution < -0.4 is 5.32 Å². The van der Waals surface area contributed by atoms with Crippen LogP contribution in [0.1, 0.15) is 99.1 Å². The van der Waals surface area contributed by atoms with Crippen LogP contribution in [0.4, 0.5) is 5.69 Å². The maximum Gasteiger partial charge on any atom is 0.291 e. The number of rotatable bonds is 6. The van der Waals surface area contributed by atoms with Gasteiger partial charge in [0, 0.05) is 49.7 Å². The first-order chi connectivity index (χ1) is 18.3. The molecule has 0 spiro atoms. The van der Waals surface area contributed by atoms with Crippen molar-refractivity contribution in [3.8, 4) is 6.07 Å². The second kappa shape index (κ2) is 11.4. The standard InChI is InChI=1S/C31H42N6O/c1-4-36-15-17-37(18-16-36)26-8-5-22(6-9-26)24-7-10-28(35-30(38)29-33-21-25(20-32)34-29)27(19-24)23-11-13-31(2,3)14-12-23/h7,10-11,19,21-22,26H,4-6,8-9,12-18H2,1-3H3,(H,33,34)(H,35,38). The zero-order valence-electron chi connectivity index (χ0n) is 23.2. The van der Waals surface area contributed by atoms with Gasteiger partial charge in [0.2, 0.25) is 0 Å². The molecule has 7 nitrogen and oxygen atoms in total. The van der Waals surface area contributed by atoms with Crippen LogP contribution in [0.5, 0.6) is 0 Å². The van der Waals surface area contributed by atoms with E-state index in [1.54, 1.807) is 0 Å². The predicted molar refractivity (Wildman–Crippen MR) is 152 cm³/mol. The van der Waals surface area contributed by atoms with Gasteiger partial charge in [0.1, 0.15) is 6.07 Å². The van der Waals surface area contributed by atoms with E-state index in [1.807, 2.05) is 6.07 Å². The predicted octanol–water partition coefficient (Wildman–Crippen LogP) is 5.79. The Balaban J connectivity index is 1.32. The van der Waals surface area contributed by atoms with Crippen LogP contribution in [0.2, 0.25) is 0 Å². The molecule has 5 rings (SSSR count). The van der Waals surface area contributed by atoms with Crippen molar-refractivity contribution in [3.05, 3.63) is 53.1 Å². The number of hydrogen-bond donors (Lipinski definition) is 2. The number of allylic oxidation sites excluding steroid dienone is 2. The van der Waals surface area contributed by atoms with Gasteiger partial charge in [-0.25, -0.2) is 4.98 Å². The summed E-state index contributed by atoms with van der Waals surface area (Å²) < 4.78 is 0. The first-order valence-electron chi connectivity index (χ1n) is 14.4. The summed E-state index contributed by atoms with van der Waals surface area (Å²) in [7, 11) is 0. The van der Waals surface area contributed by atoms with E-state index in [1.165, 1.54) is 69.2 Å². The number of aromatic amines is 1. The van der Waals surface area contributed by atoms with E-state index in [4.69, 9.17) is 5.26 Å². The van der Waals surface area contributed by atoms with Crippen LogP contribution in [0.25, 0.3) is 5.57 Å². The highest BCUT2D eigenvalue weighted by Gasteiger charge is 2.30. The largest absolute Gasteiger partial charge is 0.339 e. The summed E-state index contributed by atoms with van der Waals surface area (Å²) in [6.07, 6.45) is 12.0. The average Bonchev–Trinajstić information content (AvgIpc) is 3.43. The molecule has 1 aromatic heterocycles. The summed E-state index contributed by atoms with van der Waals surface area (Å²) in [5.74, 6) is 0.407. The molecular formula is C31H42N6O. The van der Waals surface area contributed by atoms with Gasteiger partial charge in [-0.2, -0.15) is 5.26 Å². The fourth-order valence-electron chi connectivity index (χ4n) is 6.41. The van der Waals surface area contributed by atoms with Crippen LogP contribution in [0.15, 0.2) is 30.5 Å². The van der Waals surface area contributed by atoms with Crippen molar-refractivity contribution in [3.63, 3.8) is 0 Å². The molecule has 1 amide bonds. The second-order valence-corrected chi connectivity index (χ2v) is 12.1. The Labute approximate surface area is 227 Å². The van der Waals surface area contributed by atoms with Crippen LogP contribution in [-0.4, -0.2) is 64.4 Å². The quantitative estimate of drug-likeness (QED) is 0.509. The Bertz CT molecular complexity index is 1210. The zero-order chi connectivity index (χ0) is 26.7. The summed E-state index contributed by atoms with van der Waals surface area (Å²) in [4.78, 5) is 25.1. The number of piperazine rings is 1. The van der Waals surface area contributed by atoms with Gasteiger partial charge in [-0.1, -0.05) is 32.9 Å². The highest BCUT2D eigenvalue weighted by molar-refractivity contribution is 6.03. The Morgan fingerprint density at radius 1 is 1.18 bits per heavy atom. The summed E-state index contributed by atoms with van der Waals surface area (Å²) in [5.41, 5.74) is 5.20. The van der Waals surface area contributed by atoms with Gasteiger partial charge < -0.3 is 15.2 Å². The van der Waals surface area contributed by atoms with E-state index >= 15 is 0 Å². The van der Waals surface area contributed by atoms with Crippen molar-refractivity contribution < 1.29 is 4.79 Å². The summed E-state index contributed by atoms with van der Waals surface area (Å²) in [6.45, 7) is 12.9. The molecule has 0 radical (unpaired) electrons. The molecule has 2 aliphatic carbocycles. The van der Waals surface area contributed by atoms with Gasteiger partial charge >= 0.3 is 0 Å². The number of imidazole rings is 1. The van der Waals surface area contributed by atoms with E-state index in [0.717, 1.165) is 43.1 Å². The van der Waals surface area contributed by atoms with E-state index < -0.39 is 0 Å². The number of amides is 1. The third-order valence-corrected chi connectivity index (χ3v) is 9.06. The molecule has 0 unspecified atom stereocenters. The highest BCUT2D eigenvalue weighted by Crippen LogP contribution is 2.42. The number of nitriles is 1. The minimum atomic E-state index is -0.319. The molecule has 2 heterocycles. The smallest absolute Gasteiger partial charge is 0.291 e. The van der Waals surface area contributed by atoms with Crippen molar-refractivity contribution in [2.75, 3.05) is 38.0 Å². The lowest BCUT2D eigenvalue weighted by Gasteiger charge is -2.42. The number of H-pyrrole nitrogens is 1. The number of nitrogens with one attached hydrogen (secondary N) is 2. The lowest BCUT2D eigenvalue weighted by atomic mass is 9.76. The third kappa shape index (κ3) is 6.03. The van der Waals surface area contributed by atoms with Gasteiger partial charge in [0.25, 0.3) is 5.91 Å². The summed E-state index contributed by atoms with van der Waals surface area (Å²) >= 11 is 0. The maximum absolute atomic E-state index is 13.0. The third-order valence-electron chi connectivity index (χ3n) is 9.06. The summed E-state index contributed by atoms with van der Waals surface area (Å²) in [6, 6.07) is 9.32. The second-order valence-electron chi connectivity index (χ2n) is 12.1. The lowest BCUT2D eigenvalue weighted by Crippen LogP contribution is -2.50. The molecule has 2 aromatic rings. The Morgan fingerprint density at radius 2 is 1.95 bits per heavy atom. The number of likely N-dealkylation sites (N-methyl/N-ethyl adjacent to an activating group) is 1. The first-order valence-corrected chi connectivity index (χ1v) is 14.4. The molecule has 1 aliphatic heterocycles. The number of benzene rings is 1.